The molecule has 0 aliphatic rings. The largest absolute Gasteiger partial charge is 0.385 e. The Morgan fingerprint density at radius 3 is 2.29 bits per heavy atom. The van der Waals surface area contributed by atoms with Crippen LogP contribution in [0, 0.1) is 12.3 Å². The number of rotatable bonds is 5. The molecule has 0 unspecified atom stereocenters. The SMILES string of the molecule is CCOCC(=N)C(=C(N)N)c1ccc(C)cc1. The lowest BCUT2D eigenvalue weighted by Crippen LogP contribution is -2.19. The Morgan fingerprint density at radius 2 is 1.82 bits per heavy atom. The third-order valence-electron chi connectivity index (χ3n) is 2.38. The number of hydrogen-bond acceptors (Lipinski definition) is 4. The van der Waals surface area contributed by atoms with Gasteiger partial charge in [0.05, 0.1) is 12.3 Å². The molecule has 0 radical (unpaired) electrons. The Kier molecular flexibility index (Phi) is 4.72. The maximum atomic E-state index is 7.93. The maximum Gasteiger partial charge on any atom is 0.103 e. The van der Waals surface area contributed by atoms with Crippen LogP contribution in [0.4, 0.5) is 0 Å². The zero-order valence-corrected chi connectivity index (χ0v) is 10.3. The van der Waals surface area contributed by atoms with Gasteiger partial charge in [-0.25, -0.2) is 0 Å². The number of nitrogens with two attached hydrogens (primary N) is 2. The first kappa shape index (κ1) is 13.3. The van der Waals surface area contributed by atoms with Crippen LogP contribution in [0.2, 0.25) is 0 Å². The van der Waals surface area contributed by atoms with Crippen molar-refractivity contribution in [2.24, 2.45) is 11.5 Å². The standard InChI is InChI=1S/C13H19N3O/c1-3-17-8-11(14)12(13(15)16)10-6-4-9(2)5-7-10/h4-7,14H,3,8,15-16H2,1-2H3. The van der Waals surface area contributed by atoms with E-state index in [0.717, 1.165) is 11.1 Å². The molecular formula is C13H19N3O. The van der Waals surface area contributed by atoms with Gasteiger partial charge in [0, 0.05) is 12.2 Å². The molecule has 0 saturated carbocycles. The molecule has 17 heavy (non-hydrogen) atoms. The molecule has 0 aromatic heterocycles. The molecule has 1 rings (SSSR count). The molecular weight excluding hydrogens is 214 g/mol. The first-order valence-electron chi connectivity index (χ1n) is 5.54. The lowest BCUT2D eigenvalue weighted by atomic mass is 10.0. The quantitative estimate of drug-likeness (QED) is 0.676. The van der Waals surface area contributed by atoms with Gasteiger partial charge < -0.3 is 21.6 Å². The predicted molar refractivity (Wildman–Crippen MR) is 70.7 cm³/mol. The van der Waals surface area contributed by atoms with E-state index in [1.807, 2.05) is 38.1 Å². The van der Waals surface area contributed by atoms with Gasteiger partial charge in [0.15, 0.2) is 0 Å². The van der Waals surface area contributed by atoms with Crippen LogP contribution < -0.4 is 11.5 Å². The highest BCUT2D eigenvalue weighted by Gasteiger charge is 2.11. The van der Waals surface area contributed by atoms with E-state index < -0.39 is 0 Å². The summed E-state index contributed by atoms with van der Waals surface area (Å²) in [5, 5.41) is 7.93. The van der Waals surface area contributed by atoms with Gasteiger partial charge in [0.2, 0.25) is 0 Å². The smallest absolute Gasteiger partial charge is 0.103 e. The molecule has 0 spiro atoms. The fourth-order valence-electron chi connectivity index (χ4n) is 1.51. The zero-order valence-electron chi connectivity index (χ0n) is 10.3. The topological polar surface area (TPSA) is 85.1 Å². The lowest BCUT2D eigenvalue weighted by Gasteiger charge is -2.11. The minimum absolute atomic E-state index is 0.151. The Labute approximate surface area is 102 Å². The predicted octanol–water partition coefficient (Wildman–Crippen LogP) is 1.64. The highest BCUT2D eigenvalue weighted by Crippen LogP contribution is 2.17. The average molecular weight is 233 g/mol. The van der Waals surface area contributed by atoms with E-state index in [1.54, 1.807) is 0 Å². The summed E-state index contributed by atoms with van der Waals surface area (Å²) >= 11 is 0. The summed E-state index contributed by atoms with van der Waals surface area (Å²) in [6.45, 7) is 4.67. The minimum Gasteiger partial charge on any atom is -0.385 e. The van der Waals surface area contributed by atoms with Crippen molar-refractivity contribution < 1.29 is 4.74 Å². The zero-order chi connectivity index (χ0) is 12.8. The van der Waals surface area contributed by atoms with Gasteiger partial charge in [0.25, 0.3) is 0 Å². The van der Waals surface area contributed by atoms with Gasteiger partial charge in [-0.05, 0) is 19.4 Å². The fourth-order valence-corrected chi connectivity index (χ4v) is 1.51. The van der Waals surface area contributed by atoms with E-state index in [1.165, 1.54) is 0 Å². The Balaban J connectivity index is 2.99. The van der Waals surface area contributed by atoms with Crippen molar-refractivity contribution in [2.45, 2.75) is 13.8 Å². The van der Waals surface area contributed by atoms with E-state index in [-0.39, 0.29) is 12.4 Å². The van der Waals surface area contributed by atoms with E-state index in [9.17, 15) is 0 Å². The molecule has 0 heterocycles. The van der Waals surface area contributed by atoms with E-state index in [2.05, 4.69) is 0 Å². The molecule has 5 N–H and O–H groups in total. The number of ether oxygens (including phenoxy) is 1. The first-order valence-corrected chi connectivity index (χ1v) is 5.54. The second-order valence-corrected chi connectivity index (χ2v) is 3.81. The molecule has 0 aliphatic heterocycles. The number of hydrogen-bond donors (Lipinski definition) is 3. The fraction of sp³-hybridized carbons (Fsp3) is 0.308. The van der Waals surface area contributed by atoms with Crippen LogP contribution in [0.1, 0.15) is 18.1 Å². The highest BCUT2D eigenvalue weighted by atomic mass is 16.5. The van der Waals surface area contributed by atoms with Crippen LogP contribution >= 0.6 is 0 Å². The molecule has 0 amide bonds. The summed E-state index contributed by atoms with van der Waals surface area (Å²) in [7, 11) is 0. The molecule has 1 aromatic rings. The van der Waals surface area contributed by atoms with Gasteiger partial charge >= 0.3 is 0 Å². The summed E-state index contributed by atoms with van der Waals surface area (Å²) in [6, 6.07) is 7.74. The molecule has 0 atom stereocenters. The maximum absolute atomic E-state index is 7.93. The van der Waals surface area contributed by atoms with Crippen LogP contribution in [0.5, 0.6) is 0 Å². The molecule has 0 bridgehead atoms. The molecule has 0 saturated heterocycles. The summed E-state index contributed by atoms with van der Waals surface area (Å²) in [5.74, 6) is 0.151. The molecule has 0 aliphatic carbocycles. The van der Waals surface area contributed by atoms with Crippen LogP contribution in [-0.4, -0.2) is 18.9 Å². The molecule has 1 aromatic carbocycles. The van der Waals surface area contributed by atoms with E-state index >= 15 is 0 Å². The third-order valence-corrected chi connectivity index (χ3v) is 2.38. The Morgan fingerprint density at radius 1 is 1.24 bits per heavy atom. The minimum atomic E-state index is 0.151. The van der Waals surface area contributed by atoms with Gasteiger partial charge in [-0.2, -0.15) is 0 Å². The lowest BCUT2D eigenvalue weighted by molar-refractivity contribution is 0.188. The van der Waals surface area contributed by atoms with Crippen molar-refractivity contribution in [3.8, 4) is 0 Å². The second-order valence-electron chi connectivity index (χ2n) is 3.81. The van der Waals surface area contributed by atoms with Gasteiger partial charge in [-0.1, -0.05) is 29.8 Å². The number of nitrogens with one attached hydrogen (secondary N) is 1. The second kappa shape index (κ2) is 6.06. The normalized spacial score (nSPS) is 10.0. The van der Waals surface area contributed by atoms with Gasteiger partial charge in [-0.15, -0.1) is 0 Å². The molecule has 4 nitrogen and oxygen atoms in total. The van der Waals surface area contributed by atoms with Crippen molar-refractivity contribution in [1.29, 1.82) is 5.41 Å². The third kappa shape index (κ3) is 3.60. The summed E-state index contributed by atoms with van der Waals surface area (Å²) in [6.07, 6.45) is 0. The monoisotopic (exact) mass is 233 g/mol. The van der Waals surface area contributed by atoms with E-state index in [0.29, 0.717) is 17.9 Å². The summed E-state index contributed by atoms with van der Waals surface area (Å²) < 4.78 is 5.20. The molecule has 92 valence electrons. The highest BCUT2D eigenvalue weighted by molar-refractivity contribution is 6.23. The van der Waals surface area contributed by atoms with Crippen LogP contribution in [0.3, 0.4) is 0 Å². The van der Waals surface area contributed by atoms with Crippen molar-refractivity contribution in [2.75, 3.05) is 13.2 Å². The Hall–Kier alpha value is -1.81. The van der Waals surface area contributed by atoms with Crippen LogP contribution in [0.15, 0.2) is 30.1 Å². The number of benzene rings is 1. The van der Waals surface area contributed by atoms with Gasteiger partial charge in [0.1, 0.15) is 5.82 Å². The van der Waals surface area contributed by atoms with Gasteiger partial charge in [-0.3, -0.25) is 0 Å². The summed E-state index contributed by atoms with van der Waals surface area (Å²) in [4.78, 5) is 0. The van der Waals surface area contributed by atoms with Crippen LogP contribution in [0.25, 0.3) is 5.57 Å². The first-order chi connectivity index (χ1) is 8.06. The van der Waals surface area contributed by atoms with Crippen molar-refractivity contribution in [3.63, 3.8) is 0 Å². The average Bonchev–Trinajstić information content (AvgIpc) is 2.29. The van der Waals surface area contributed by atoms with Crippen molar-refractivity contribution in [3.05, 3.63) is 41.2 Å². The summed E-state index contributed by atoms with van der Waals surface area (Å²) in [5.41, 5.74) is 14.1. The molecule has 4 heteroatoms. The van der Waals surface area contributed by atoms with Crippen molar-refractivity contribution >= 4 is 11.3 Å². The number of aryl methyl sites for hydroxylation is 1. The molecule has 0 fully saturated rings. The van der Waals surface area contributed by atoms with E-state index in [4.69, 9.17) is 21.6 Å². The van der Waals surface area contributed by atoms with Crippen LogP contribution in [-0.2, 0) is 4.74 Å². The Bertz CT molecular complexity index is 417. The van der Waals surface area contributed by atoms with Crippen molar-refractivity contribution in [1.82, 2.24) is 0 Å².